The zero-order valence-electron chi connectivity index (χ0n) is 19.4. The van der Waals surface area contributed by atoms with Gasteiger partial charge in [0, 0.05) is 5.56 Å². The summed E-state index contributed by atoms with van der Waals surface area (Å²) in [6.45, 7) is 6.94. The van der Waals surface area contributed by atoms with E-state index in [2.05, 4.69) is 45.1 Å². The molecule has 2 saturated carbocycles. The SMILES string of the molecule is CCCC1CCC(C2=CC=C(c3ccc(C4CCC(C)CC4)cc3F)C(C)C2)CC1. The Bertz CT molecular complexity index is 770. The highest BCUT2D eigenvalue weighted by atomic mass is 19.1. The van der Waals surface area contributed by atoms with Gasteiger partial charge in [-0.25, -0.2) is 4.39 Å². The van der Waals surface area contributed by atoms with Crippen LogP contribution in [0.1, 0.15) is 108 Å². The fraction of sp³-hybridized carbons (Fsp3) is 0.655. The summed E-state index contributed by atoms with van der Waals surface area (Å²) < 4.78 is 15.1. The summed E-state index contributed by atoms with van der Waals surface area (Å²) in [5, 5.41) is 0. The van der Waals surface area contributed by atoms with Crippen LogP contribution in [-0.4, -0.2) is 0 Å². The molecule has 0 heterocycles. The molecule has 1 atom stereocenters. The minimum absolute atomic E-state index is 0.0128. The van der Waals surface area contributed by atoms with Crippen molar-refractivity contribution in [2.45, 2.75) is 97.3 Å². The fourth-order valence-corrected chi connectivity index (χ4v) is 6.39. The van der Waals surface area contributed by atoms with Crippen LogP contribution >= 0.6 is 0 Å². The molecule has 0 aromatic heterocycles. The molecule has 0 aliphatic heterocycles. The van der Waals surface area contributed by atoms with Gasteiger partial charge in [-0.15, -0.1) is 0 Å². The molecule has 3 aliphatic carbocycles. The number of allylic oxidation sites excluding steroid dienone is 4. The molecule has 1 aromatic rings. The van der Waals surface area contributed by atoms with E-state index in [0.29, 0.717) is 11.8 Å². The molecular weight excluding hydrogens is 367 g/mol. The maximum atomic E-state index is 15.1. The lowest BCUT2D eigenvalue weighted by Crippen LogP contribution is -2.19. The summed E-state index contributed by atoms with van der Waals surface area (Å²) >= 11 is 0. The summed E-state index contributed by atoms with van der Waals surface area (Å²) in [7, 11) is 0. The third-order valence-electron chi connectivity index (χ3n) is 8.41. The van der Waals surface area contributed by atoms with Gasteiger partial charge in [-0.1, -0.05) is 76.3 Å². The van der Waals surface area contributed by atoms with Crippen molar-refractivity contribution in [3.05, 3.63) is 52.9 Å². The highest BCUT2D eigenvalue weighted by Gasteiger charge is 2.27. The third-order valence-corrected chi connectivity index (χ3v) is 8.41. The average Bonchev–Trinajstić information content (AvgIpc) is 2.75. The van der Waals surface area contributed by atoms with Gasteiger partial charge < -0.3 is 0 Å². The van der Waals surface area contributed by atoms with Gasteiger partial charge in [0.15, 0.2) is 0 Å². The Morgan fingerprint density at radius 1 is 0.867 bits per heavy atom. The van der Waals surface area contributed by atoms with Gasteiger partial charge in [0.25, 0.3) is 0 Å². The summed E-state index contributed by atoms with van der Waals surface area (Å²) in [6, 6.07) is 6.12. The Kier molecular flexibility index (Phi) is 7.16. The first kappa shape index (κ1) is 21.8. The smallest absolute Gasteiger partial charge is 0.130 e. The predicted octanol–water partition coefficient (Wildman–Crippen LogP) is 9.08. The van der Waals surface area contributed by atoms with E-state index >= 15 is 4.39 Å². The first-order valence-corrected chi connectivity index (χ1v) is 12.8. The second kappa shape index (κ2) is 9.84. The van der Waals surface area contributed by atoms with Crippen molar-refractivity contribution in [3.63, 3.8) is 0 Å². The minimum Gasteiger partial charge on any atom is -0.206 e. The maximum Gasteiger partial charge on any atom is 0.130 e. The quantitative estimate of drug-likeness (QED) is 0.456. The molecule has 0 amide bonds. The summed E-state index contributed by atoms with van der Waals surface area (Å²) in [6.07, 6.45) is 18.9. The lowest BCUT2D eigenvalue weighted by Gasteiger charge is -2.33. The number of hydrogen-bond acceptors (Lipinski definition) is 0. The van der Waals surface area contributed by atoms with Crippen LogP contribution in [0.2, 0.25) is 0 Å². The van der Waals surface area contributed by atoms with E-state index in [9.17, 15) is 0 Å². The van der Waals surface area contributed by atoms with E-state index in [1.54, 1.807) is 5.57 Å². The highest BCUT2D eigenvalue weighted by molar-refractivity contribution is 5.71. The summed E-state index contributed by atoms with van der Waals surface area (Å²) in [5.41, 5.74) is 4.86. The summed E-state index contributed by atoms with van der Waals surface area (Å²) in [5.74, 6) is 3.51. The fourth-order valence-electron chi connectivity index (χ4n) is 6.39. The van der Waals surface area contributed by atoms with E-state index in [-0.39, 0.29) is 5.82 Å². The Balaban J connectivity index is 1.45. The van der Waals surface area contributed by atoms with Crippen molar-refractivity contribution in [2.75, 3.05) is 0 Å². The molecule has 0 radical (unpaired) electrons. The van der Waals surface area contributed by atoms with Crippen molar-refractivity contribution < 1.29 is 4.39 Å². The largest absolute Gasteiger partial charge is 0.206 e. The van der Waals surface area contributed by atoms with Crippen LogP contribution in [0.5, 0.6) is 0 Å². The number of benzene rings is 1. The van der Waals surface area contributed by atoms with E-state index < -0.39 is 0 Å². The number of halogens is 1. The second-order valence-electron chi connectivity index (χ2n) is 10.7. The van der Waals surface area contributed by atoms with Crippen molar-refractivity contribution in [1.29, 1.82) is 0 Å². The third kappa shape index (κ3) is 4.92. The molecule has 3 aliphatic rings. The van der Waals surface area contributed by atoms with E-state index in [4.69, 9.17) is 0 Å². The number of rotatable bonds is 5. The van der Waals surface area contributed by atoms with Crippen LogP contribution in [0, 0.1) is 29.5 Å². The van der Waals surface area contributed by atoms with Gasteiger partial charge in [-0.3, -0.25) is 0 Å². The highest BCUT2D eigenvalue weighted by Crippen LogP contribution is 2.42. The van der Waals surface area contributed by atoms with Gasteiger partial charge in [-0.05, 0) is 91.7 Å². The first-order valence-electron chi connectivity index (χ1n) is 12.8. The number of hydrogen-bond donors (Lipinski definition) is 0. The van der Waals surface area contributed by atoms with E-state index in [1.165, 1.54) is 75.3 Å². The Labute approximate surface area is 184 Å². The standard InChI is InChI=1S/C29H41F/c1-4-5-22-8-12-24(13-9-22)25-14-16-27(21(3)18-25)28-17-15-26(19-29(28)30)23-10-6-20(2)7-11-23/h14-17,19-24H,4-13,18H2,1-3H3. The lowest BCUT2D eigenvalue weighted by molar-refractivity contribution is 0.281. The topological polar surface area (TPSA) is 0 Å². The molecule has 30 heavy (non-hydrogen) atoms. The Morgan fingerprint density at radius 3 is 2.20 bits per heavy atom. The van der Waals surface area contributed by atoms with Gasteiger partial charge in [0.05, 0.1) is 0 Å². The van der Waals surface area contributed by atoms with Crippen molar-refractivity contribution in [1.82, 2.24) is 0 Å². The van der Waals surface area contributed by atoms with Crippen LogP contribution in [0.15, 0.2) is 35.9 Å². The minimum atomic E-state index is -0.0128. The lowest BCUT2D eigenvalue weighted by atomic mass is 9.72. The first-order chi connectivity index (χ1) is 14.5. The Hall–Kier alpha value is -1.37. The molecule has 1 heteroatoms. The summed E-state index contributed by atoms with van der Waals surface area (Å²) in [4.78, 5) is 0. The van der Waals surface area contributed by atoms with E-state index in [0.717, 1.165) is 29.7 Å². The van der Waals surface area contributed by atoms with Crippen LogP contribution in [-0.2, 0) is 0 Å². The second-order valence-corrected chi connectivity index (χ2v) is 10.7. The van der Waals surface area contributed by atoms with Gasteiger partial charge in [0.1, 0.15) is 5.82 Å². The predicted molar refractivity (Wildman–Crippen MR) is 127 cm³/mol. The van der Waals surface area contributed by atoms with Gasteiger partial charge >= 0.3 is 0 Å². The van der Waals surface area contributed by atoms with Crippen molar-refractivity contribution >= 4 is 5.57 Å². The Morgan fingerprint density at radius 2 is 1.57 bits per heavy atom. The molecule has 0 spiro atoms. The van der Waals surface area contributed by atoms with Crippen LogP contribution in [0.3, 0.4) is 0 Å². The van der Waals surface area contributed by atoms with Crippen LogP contribution < -0.4 is 0 Å². The van der Waals surface area contributed by atoms with E-state index in [1.807, 2.05) is 6.07 Å². The molecule has 4 rings (SSSR count). The van der Waals surface area contributed by atoms with Crippen molar-refractivity contribution in [2.24, 2.45) is 23.7 Å². The maximum absolute atomic E-state index is 15.1. The van der Waals surface area contributed by atoms with Crippen LogP contribution in [0.25, 0.3) is 5.57 Å². The zero-order chi connectivity index (χ0) is 21.1. The molecule has 2 fully saturated rings. The molecular formula is C29H41F. The van der Waals surface area contributed by atoms with Gasteiger partial charge in [-0.2, -0.15) is 0 Å². The van der Waals surface area contributed by atoms with Gasteiger partial charge in [0.2, 0.25) is 0 Å². The van der Waals surface area contributed by atoms with Crippen LogP contribution in [0.4, 0.5) is 4.39 Å². The average molecular weight is 409 g/mol. The molecule has 0 N–H and O–H groups in total. The molecule has 1 aromatic carbocycles. The monoisotopic (exact) mass is 408 g/mol. The molecule has 0 bridgehead atoms. The molecule has 0 nitrogen and oxygen atoms in total. The zero-order valence-corrected chi connectivity index (χ0v) is 19.4. The normalized spacial score (nSPS) is 32.5. The molecule has 0 saturated heterocycles. The molecule has 164 valence electrons. The van der Waals surface area contributed by atoms with Crippen molar-refractivity contribution in [3.8, 4) is 0 Å². The molecule has 1 unspecified atom stereocenters.